The Morgan fingerprint density at radius 2 is 2.05 bits per heavy atom. The van der Waals surface area contributed by atoms with Gasteiger partial charge in [0.2, 0.25) is 0 Å². The van der Waals surface area contributed by atoms with Gasteiger partial charge in [0.1, 0.15) is 9.53 Å². The maximum Gasteiger partial charge on any atom is 0.321 e. The van der Waals surface area contributed by atoms with Crippen LogP contribution >= 0.6 is 22.6 Å². The van der Waals surface area contributed by atoms with E-state index in [9.17, 15) is 10.1 Å². The van der Waals surface area contributed by atoms with Crippen LogP contribution in [0, 0.1) is 29.1 Å². The number of ether oxygens (including phenoxy) is 1. The maximum atomic E-state index is 12.3. The summed E-state index contributed by atoms with van der Waals surface area (Å²) >= 11 is 1.93. The first-order chi connectivity index (χ1) is 9.09. The fourth-order valence-electron chi connectivity index (χ4n) is 3.13. The van der Waals surface area contributed by atoms with Crippen molar-refractivity contribution in [3.05, 3.63) is 0 Å². The van der Waals surface area contributed by atoms with Crippen molar-refractivity contribution >= 4 is 44.3 Å². The maximum absolute atomic E-state index is 12.3. The average Bonchev–Trinajstić information content (AvgIpc) is 2.84. The number of nitrogens with two attached hydrogens (primary N) is 1. The minimum Gasteiger partial charge on any atom is -0.461 e. The number of hydrogen-bond donors (Lipinski definition) is 1. The van der Waals surface area contributed by atoms with Gasteiger partial charge in [0.15, 0.2) is 0 Å². The van der Waals surface area contributed by atoms with Gasteiger partial charge < -0.3 is 10.5 Å². The van der Waals surface area contributed by atoms with E-state index in [0.29, 0.717) is 0 Å². The molecule has 0 aromatic heterocycles. The number of alkyl halides is 1. The van der Waals surface area contributed by atoms with Crippen molar-refractivity contribution in [2.45, 2.75) is 47.5 Å². The number of carbonyl (C=O) groups is 1. The third kappa shape index (κ3) is 2.50. The van der Waals surface area contributed by atoms with Crippen LogP contribution in [-0.2, 0) is 9.53 Å². The fraction of sp³-hybridized carbons (Fsp3) is 0.846. The van der Waals surface area contributed by atoms with Gasteiger partial charge in [0.05, 0.1) is 27.7 Å². The molecule has 2 fully saturated rings. The molecule has 0 saturated heterocycles. The van der Waals surface area contributed by atoms with Gasteiger partial charge in [0, 0.05) is 12.0 Å². The minimum absolute atomic E-state index is 0.0398. The Bertz CT molecular complexity index is 458. The Morgan fingerprint density at radius 1 is 1.45 bits per heavy atom. The normalized spacial score (nSPS) is 39.0. The molecule has 6 atom stereocenters. The van der Waals surface area contributed by atoms with Crippen molar-refractivity contribution in [1.29, 1.82) is 5.26 Å². The van der Waals surface area contributed by atoms with Crippen LogP contribution < -0.4 is 5.73 Å². The first-order valence-corrected chi connectivity index (χ1v) is 7.80. The Hall–Kier alpha value is -0.220. The molecule has 20 heavy (non-hydrogen) atoms. The standard InChI is InChI=1S/C13H17B2IN2O2/c1-12(16,13(2,14)15)11(19)20-9-4-6-3-7(9)8(5-17)10(6)18/h6-10H,3-4,18H2,1-2H3. The highest BCUT2D eigenvalue weighted by Crippen LogP contribution is 2.50. The topological polar surface area (TPSA) is 76.1 Å². The summed E-state index contributed by atoms with van der Waals surface area (Å²) in [6.07, 6.45) is 1.35. The highest BCUT2D eigenvalue weighted by atomic mass is 127. The molecule has 0 aromatic rings. The molecule has 2 aliphatic carbocycles. The third-order valence-electron chi connectivity index (χ3n) is 4.81. The van der Waals surface area contributed by atoms with Gasteiger partial charge in [-0.3, -0.25) is 4.79 Å². The molecule has 6 unspecified atom stereocenters. The van der Waals surface area contributed by atoms with Crippen molar-refractivity contribution in [3.63, 3.8) is 0 Å². The van der Waals surface area contributed by atoms with Gasteiger partial charge in [-0.2, -0.15) is 5.26 Å². The number of esters is 1. The zero-order valence-corrected chi connectivity index (χ0v) is 13.8. The molecule has 0 spiro atoms. The predicted molar refractivity (Wildman–Crippen MR) is 85.5 cm³/mol. The summed E-state index contributed by atoms with van der Waals surface area (Å²) in [4.78, 5) is 12.3. The van der Waals surface area contributed by atoms with E-state index in [0.717, 1.165) is 12.8 Å². The molecule has 4 radical (unpaired) electrons. The largest absolute Gasteiger partial charge is 0.461 e. The Morgan fingerprint density at radius 3 is 2.50 bits per heavy atom. The van der Waals surface area contributed by atoms with Crippen LogP contribution in [0.2, 0.25) is 5.21 Å². The molecule has 0 amide bonds. The fourth-order valence-corrected chi connectivity index (χ4v) is 3.25. The zero-order chi connectivity index (χ0) is 15.3. The van der Waals surface area contributed by atoms with Gasteiger partial charge >= 0.3 is 5.97 Å². The molecular formula is C13H17B2IN2O2. The van der Waals surface area contributed by atoms with Gasteiger partial charge in [-0.05, 0) is 25.7 Å². The predicted octanol–water partition coefficient (Wildman–Crippen LogP) is 1.07. The molecule has 0 heterocycles. The summed E-state index contributed by atoms with van der Waals surface area (Å²) in [7, 11) is 11.7. The average molecular weight is 382 g/mol. The minimum atomic E-state index is -1.17. The number of carbonyl (C=O) groups excluding carboxylic acids is 1. The van der Waals surface area contributed by atoms with Gasteiger partial charge in [-0.15, -0.1) is 0 Å². The van der Waals surface area contributed by atoms with Gasteiger partial charge in [0.25, 0.3) is 0 Å². The quantitative estimate of drug-likeness (QED) is 0.343. The second-order valence-electron chi connectivity index (χ2n) is 6.36. The molecule has 0 aliphatic heterocycles. The molecule has 0 aromatic carbocycles. The van der Waals surface area contributed by atoms with E-state index in [-0.39, 0.29) is 29.9 Å². The van der Waals surface area contributed by atoms with E-state index in [2.05, 4.69) is 6.07 Å². The molecule has 104 valence electrons. The number of rotatable bonds is 3. The lowest BCUT2D eigenvalue weighted by atomic mass is 9.50. The Balaban J connectivity index is 2.07. The first-order valence-electron chi connectivity index (χ1n) is 6.72. The van der Waals surface area contributed by atoms with Crippen molar-refractivity contribution in [3.8, 4) is 6.07 Å². The van der Waals surface area contributed by atoms with Crippen LogP contribution in [0.1, 0.15) is 26.7 Å². The molecule has 2 bridgehead atoms. The van der Waals surface area contributed by atoms with Crippen molar-refractivity contribution < 1.29 is 9.53 Å². The summed E-state index contributed by atoms with van der Waals surface area (Å²) in [6, 6.07) is 2.15. The van der Waals surface area contributed by atoms with Crippen molar-refractivity contribution in [1.82, 2.24) is 0 Å². The van der Waals surface area contributed by atoms with E-state index in [1.54, 1.807) is 13.8 Å². The van der Waals surface area contributed by atoms with Crippen LogP contribution in [-0.4, -0.2) is 37.2 Å². The van der Waals surface area contributed by atoms with E-state index in [1.807, 2.05) is 22.6 Å². The number of hydrogen-bond acceptors (Lipinski definition) is 4. The molecule has 7 heteroatoms. The number of fused-ring (bicyclic) bond motifs is 2. The summed E-state index contributed by atoms with van der Waals surface area (Å²) in [5.74, 6) is -0.342. The summed E-state index contributed by atoms with van der Waals surface area (Å²) in [6.45, 7) is 3.26. The smallest absolute Gasteiger partial charge is 0.321 e. The van der Waals surface area contributed by atoms with Gasteiger partial charge in [-0.25, -0.2) is 0 Å². The molecule has 2 rings (SSSR count). The second kappa shape index (κ2) is 5.20. The SMILES string of the molecule is [B]C([B])(C)C(C)(I)C(=O)OC1CC2CC1C(C#N)C2N. The van der Waals surface area contributed by atoms with Crippen LogP contribution in [0.5, 0.6) is 0 Å². The highest BCUT2D eigenvalue weighted by molar-refractivity contribution is 14.1. The third-order valence-corrected chi connectivity index (χ3v) is 6.41. The lowest BCUT2D eigenvalue weighted by Crippen LogP contribution is -2.47. The first kappa shape index (κ1) is 16.2. The Kier molecular flexibility index (Phi) is 4.20. The van der Waals surface area contributed by atoms with Crippen LogP contribution in [0.4, 0.5) is 0 Å². The number of halogens is 1. The van der Waals surface area contributed by atoms with Crippen molar-refractivity contribution in [2.24, 2.45) is 23.5 Å². The van der Waals surface area contributed by atoms with E-state index in [1.165, 1.54) is 0 Å². The lowest BCUT2D eigenvalue weighted by molar-refractivity contribution is -0.154. The van der Waals surface area contributed by atoms with E-state index >= 15 is 0 Å². The van der Waals surface area contributed by atoms with Crippen LogP contribution in [0.15, 0.2) is 0 Å². The molecule has 2 saturated carbocycles. The number of nitriles is 1. The van der Waals surface area contributed by atoms with Crippen LogP contribution in [0.3, 0.4) is 0 Å². The summed E-state index contributed by atoms with van der Waals surface area (Å²) in [5.41, 5.74) is 6.02. The molecule has 4 nitrogen and oxygen atoms in total. The lowest BCUT2D eigenvalue weighted by Gasteiger charge is -2.38. The second-order valence-corrected chi connectivity index (χ2v) is 8.51. The van der Waals surface area contributed by atoms with Gasteiger partial charge in [-0.1, -0.05) is 34.7 Å². The van der Waals surface area contributed by atoms with Crippen LogP contribution in [0.25, 0.3) is 0 Å². The van der Waals surface area contributed by atoms with Crippen molar-refractivity contribution in [2.75, 3.05) is 0 Å². The highest BCUT2D eigenvalue weighted by Gasteiger charge is 2.54. The summed E-state index contributed by atoms with van der Waals surface area (Å²) < 4.78 is 4.59. The summed E-state index contributed by atoms with van der Waals surface area (Å²) in [5, 5.41) is 8.01. The van der Waals surface area contributed by atoms with E-state index in [4.69, 9.17) is 26.2 Å². The number of nitrogens with zero attached hydrogens (tertiary/aromatic N) is 1. The Labute approximate surface area is 136 Å². The zero-order valence-electron chi connectivity index (χ0n) is 11.7. The molecular weight excluding hydrogens is 365 g/mol. The molecule has 2 aliphatic rings. The molecule has 2 N–H and O–H groups in total. The van der Waals surface area contributed by atoms with E-state index < -0.39 is 14.6 Å². The monoisotopic (exact) mass is 382 g/mol.